The fourth-order valence-corrected chi connectivity index (χ4v) is 2.77. The first-order chi connectivity index (χ1) is 14.4. The Balaban J connectivity index is 1.58. The predicted octanol–water partition coefficient (Wildman–Crippen LogP) is 4.70. The van der Waals surface area contributed by atoms with E-state index in [4.69, 9.17) is 4.74 Å². The van der Waals surface area contributed by atoms with Crippen LogP contribution in [-0.2, 0) is 0 Å². The van der Waals surface area contributed by atoms with Crippen molar-refractivity contribution in [2.75, 3.05) is 5.32 Å². The average Bonchev–Trinajstić information content (AvgIpc) is 2.75. The fraction of sp³-hybridized carbons (Fsp3) is 0.0909. The summed E-state index contributed by atoms with van der Waals surface area (Å²) in [6.45, 7) is 1.93. The van der Waals surface area contributed by atoms with Crippen LogP contribution < -0.4 is 15.4 Å². The molecule has 0 aromatic heterocycles. The molecule has 0 fully saturated rings. The maximum Gasteiger partial charge on any atom is 0.326 e. The predicted molar refractivity (Wildman–Crippen MR) is 112 cm³/mol. The number of ether oxygens (including phenoxy) is 1. The number of urea groups is 1. The summed E-state index contributed by atoms with van der Waals surface area (Å²) in [6.07, 6.45) is -0.146. The molecule has 0 saturated heterocycles. The minimum absolute atomic E-state index is 0.146. The lowest BCUT2D eigenvalue weighted by atomic mass is 10.1. The van der Waals surface area contributed by atoms with Crippen LogP contribution in [0.2, 0.25) is 0 Å². The molecule has 0 radical (unpaired) electrons. The van der Waals surface area contributed by atoms with Gasteiger partial charge in [-0.15, -0.1) is 0 Å². The monoisotopic (exact) mass is 405 g/mol. The Hall–Kier alpha value is -4.20. The summed E-state index contributed by atoms with van der Waals surface area (Å²) in [4.78, 5) is 34.6. The lowest BCUT2D eigenvalue weighted by Gasteiger charge is -2.15. The van der Waals surface area contributed by atoms with Crippen molar-refractivity contribution in [3.63, 3.8) is 0 Å². The molecule has 0 spiro atoms. The summed E-state index contributed by atoms with van der Waals surface area (Å²) >= 11 is 0. The van der Waals surface area contributed by atoms with Crippen LogP contribution in [0.1, 0.15) is 28.9 Å². The number of hydrogen-bond acceptors (Lipinski definition) is 5. The van der Waals surface area contributed by atoms with Gasteiger partial charge in [-0.1, -0.05) is 42.5 Å². The zero-order chi connectivity index (χ0) is 21.5. The number of carbonyl (C=O) groups excluding carboxylic acids is 2. The number of imide groups is 1. The Morgan fingerprint density at radius 3 is 2.23 bits per heavy atom. The summed E-state index contributed by atoms with van der Waals surface area (Å²) in [6, 6.07) is 21.0. The van der Waals surface area contributed by atoms with E-state index in [-0.39, 0.29) is 17.4 Å². The molecule has 3 aromatic rings. The first-order valence-electron chi connectivity index (χ1n) is 9.11. The van der Waals surface area contributed by atoms with E-state index in [9.17, 15) is 19.7 Å². The second-order valence-corrected chi connectivity index (χ2v) is 6.38. The highest BCUT2D eigenvalue weighted by molar-refractivity contribution is 6.09. The van der Waals surface area contributed by atoms with Gasteiger partial charge in [-0.2, -0.15) is 0 Å². The van der Waals surface area contributed by atoms with Crippen molar-refractivity contribution >= 4 is 23.3 Å². The largest absolute Gasteiger partial charge is 0.486 e. The molecular formula is C22H19N3O5. The van der Waals surface area contributed by atoms with Crippen LogP contribution in [0.25, 0.3) is 0 Å². The molecule has 1 atom stereocenters. The van der Waals surface area contributed by atoms with Gasteiger partial charge in [-0.3, -0.25) is 20.2 Å². The second-order valence-electron chi connectivity index (χ2n) is 6.38. The van der Waals surface area contributed by atoms with Crippen molar-refractivity contribution in [3.05, 3.63) is 100 Å². The minimum atomic E-state index is -0.864. The van der Waals surface area contributed by atoms with Gasteiger partial charge < -0.3 is 10.1 Å². The van der Waals surface area contributed by atoms with Gasteiger partial charge in [0.05, 0.1) is 4.92 Å². The summed E-state index contributed by atoms with van der Waals surface area (Å²) in [7, 11) is 0. The number of amides is 3. The van der Waals surface area contributed by atoms with E-state index in [1.165, 1.54) is 24.3 Å². The Kier molecular flexibility index (Phi) is 6.39. The van der Waals surface area contributed by atoms with Gasteiger partial charge in [0.1, 0.15) is 17.4 Å². The van der Waals surface area contributed by atoms with E-state index in [2.05, 4.69) is 10.6 Å². The van der Waals surface area contributed by atoms with Crippen molar-refractivity contribution in [1.29, 1.82) is 0 Å². The van der Waals surface area contributed by atoms with Crippen LogP contribution >= 0.6 is 0 Å². The molecule has 0 heterocycles. The molecule has 2 N–H and O–H groups in total. The van der Waals surface area contributed by atoms with Gasteiger partial charge >= 0.3 is 6.03 Å². The van der Waals surface area contributed by atoms with Gasteiger partial charge in [0.2, 0.25) is 0 Å². The number of anilines is 1. The number of nitrogens with zero attached hydrogens (tertiary/aromatic N) is 1. The molecule has 152 valence electrons. The van der Waals surface area contributed by atoms with E-state index in [1.54, 1.807) is 24.3 Å². The number of nitro groups is 1. The molecule has 0 saturated carbocycles. The lowest BCUT2D eigenvalue weighted by molar-refractivity contribution is -0.385. The molecule has 0 aliphatic carbocycles. The lowest BCUT2D eigenvalue weighted by Crippen LogP contribution is -2.34. The Bertz CT molecular complexity index is 1050. The molecular weight excluding hydrogens is 386 g/mol. The van der Waals surface area contributed by atoms with E-state index >= 15 is 0 Å². The summed E-state index contributed by atoms with van der Waals surface area (Å²) in [5.74, 6) is -0.246. The first-order valence-corrected chi connectivity index (χ1v) is 9.11. The maximum absolute atomic E-state index is 12.2. The highest BCUT2D eigenvalue weighted by Crippen LogP contribution is 2.23. The molecule has 30 heavy (non-hydrogen) atoms. The third-order valence-corrected chi connectivity index (χ3v) is 4.27. The van der Waals surface area contributed by atoms with E-state index in [0.717, 1.165) is 5.56 Å². The van der Waals surface area contributed by atoms with Gasteiger partial charge in [0.15, 0.2) is 0 Å². The maximum atomic E-state index is 12.2. The summed E-state index contributed by atoms with van der Waals surface area (Å²) in [5, 5.41) is 15.6. The SMILES string of the molecule is CC(Oc1ccc(NC(=O)NC(=O)c2ccccc2[N+](=O)[O-])cc1)c1ccccc1. The summed E-state index contributed by atoms with van der Waals surface area (Å²) in [5.41, 5.74) is 0.892. The van der Waals surface area contributed by atoms with E-state index < -0.39 is 16.9 Å². The van der Waals surface area contributed by atoms with Crippen molar-refractivity contribution in [3.8, 4) is 5.75 Å². The molecule has 1 unspecified atom stereocenters. The van der Waals surface area contributed by atoms with Crippen LogP contribution in [-0.4, -0.2) is 16.9 Å². The number of carbonyl (C=O) groups is 2. The quantitative estimate of drug-likeness (QED) is 0.456. The number of para-hydroxylation sites is 1. The molecule has 0 bridgehead atoms. The van der Waals surface area contributed by atoms with Gasteiger partial charge in [0.25, 0.3) is 11.6 Å². The Labute approximate surface area is 172 Å². The zero-order valence-electron chi connectivity index (χ0n) is 16.1. The summed E-state index contributed by atoms with van der Waals surface area (Å²) < 4.78 is 5.87. The molecule has 8 nitrogen and oxygen atoms in total. The Morgan fingerprint density at radius 1 is 0.933 bits per heavy atom. The molecule has 8 heteroatoms. The van der Waals surface area contributed by atoms with Crippen LogP contribution in [0.3, 0.4) is 0 Å². The van der Waals surface area contributed by atoms with E-state index in [1.807, 2.05) is 37.3 Å². The highest BCUT2D eigenvalue weighted by atomic mass is 16.6. The number of rotatable bonds is 6. The third-order valence-electron chi connectivity index (χ3n) is 4.27. The van der Waals surface area contributed by atoms with Crippen molar-refractivity contribution < 1.29 is 19.2 Å². The minimum Gasteiger partial charge on any atom is -0.486 e. The average molecular weight is 405 g/mol. The van der Waals surface area contributed by atoms with Gasteiger partial charge in [-0.05, 0) is 42.8 Å². The van der Waals surface area contributed by atoms with Gasteiger partial charge in [0, 0.05) is 11.8 Å². The van der Waals surface area contributed by atoms with Gasteiger partial charge in [-0.25, -0.2) is 4.79 Å². The second kappa shape index (κ2) is 9.33. The number of hydrogen-bond donors (Lipinski definition) is 2. The fourth-order valence-electron chi connectivity index (χ4n) is 2.77. The van der Waals surface area contributed by atoms with Crippen LogP contribution in [0.15, 0.2) is 78.9 Å². The highest BCUT2D eigenvalue weighted by Gasteiger charge is 2.20. The normalized spacial score (nSPS) is 11.2. The van der Waals surface area contributed by atoms with Crippen LogP contribution in [0, 0.1) is 10.1 Å². The van der Waals surface area contributed by atoms with Crippen LogP contribution in [0.4, 0.5) is 16.2 Å². The third kappa shape index (κ3) is 5.20. The molecule has 0 aliphatic heterocycles. The zero-order valence-corrected chi connectivity index (χ0v) is 16.1. The number of nitro benzene ring substituents is 1. The molecule has 3 amide bonds. The topological polar surface area (TPSA) is 111 Å². The smallest absolute Gasteiger partial charge is 0.326 e. The molecule has 0 aliphatic rings. The molecule has 3 rings (SSSR count). The Morgan fingerprint density at radius 2 is 1.57 bits per heavy atom. The van der Waals surface area contributed by atoms with Crippen molar-refractivity contribution in [2.45, 2.75) is 13.0 Å². The van der Waals surface area contributed by atoms with Crippen molar-refractivity contribution in [1.82, 2.24) is 5.32 Å². The standard InChI is InChI=1S/C22H19N3O5/c1-15(16-7-3-2-4-8-16)30-18-13-11-17(12-14-18)23-22(27)24-21(26)19-9-5-6-10-20(19)25(28)29/h2-15H,1H3,(H2,23,24,26,27). The van der Waals surface area contributed by atoms with Crippen LogP contribution in [0.5, 0.6) is 5.75 Å². The van der Waals surface area contributed by atoms with E-state index in [0.29, 0.717) is 11.4 Å². The number of nitrogens with one attached hydrogen (secondary N) is 2. The first kappa shape index (κ1) is 20.5. The van der Waals surface area contributed by atoms with Crippen molar-refractivity contribution in [2.24, 2.45) is 0 Å². The molecule has 3 aromatic carbocycles. The number of benzene rings is 3.